The van der Waals surface area contributed by atoms with Gasteiger partial charge in [0.25, 0.3) is 0 Å². The molecule has 1 saturated heterocycles. The van der Waals surface area contributed by atoms with E-state index < -0.39 is 12.1 Å². The number of hydrogen-bond donors (Lipinski definition) is 1. The number of carboxylic acids is 1. The molecule has 0 radical (unpaired) electrons. The second-order valence-corrected chi connectivity index (χ2v) is 7.89. The number of aryl methyl sites for hydroxylation is 2. The third-order valence-electron chi connectivity index (χ3n) is 5.37. The van der Waals surface area contributed by atoms with Crippen molar-refractivity contribution < 1.29 is 27.9 Å². The summed E-state index contributed by atoms with van der Waals surface area (Å²) in [4.78, 5) is 34.5. The number of nitrogens with zero attached hydrogens (tertiary/aromatic N) is 5. The number of pyridine rings is 1. The van der Waals surface area contributed by atoms with Crippen molar-refractivity contribution in [1.29, 1.82) is 0 Å². The van der Waals surface area contributed by atoms with Crippen molar-refractivity contribution in [2.24, 2.45) is 0 Å². The number of carboxylic acid groups (broad SMARTS) is 1. The number of carbonyl (C=O) groups excluding carboxylic acids is 1. The van der Waals surface area contributed by atoms with E-state index >= 15 is 0 Å². The number of aromatic nitrogens is 3. The molecule has 11 heteroatoms. The highest BCUT2D eigenvalue weighted by atomic mass is 19.4. The van der Waals surface area contributed by atoms with E-state index in [1.165, 1.54) is 5.69 Å². The molecule has 4 rings (SSSR count). The van der Waals surface area contributed by atoms with Gasteiger partial charge in [0.05, 0.1) is 30.0 Å². The molecule has 2 aliphatic rings. The van der Waals surface area contributed by atoms with E-state index in [1.54, 1.807) is 0 Å². The molecule has 0 bridgehead atoms. The van der Waals surface area contributed by atoms with Crippen LogP contribution in [-0.4, -0.2) is 60.6 Å². The fourth-order valence-electron chi connectivity index (χ4n) is 3.82. The third kappa shape index (κ3) is 6.28. The van der Waals surface area contributed by atoms with E-state index in [0.717, 1.165) is 62.6 Å². The van der Waals surface area contributed by atoms with E-state index in [2.05, 4.69) is 31.6 Å². The molecule has 0 saturated carbocycles. The molecule has 2 aromatic rings. The van der Waals surface area contributed by atoms with E-state index in [9.17, 15) is 18.0 Å². The SMILES string of the molecule is Cc1cccc(CN2CCCn3cnc(CN4CCCC4=O)c3C2)n1.O=C(O)C(F)(F)F. The van der Waals surface area contributed by atoms with Gasteiger partial charge in [-0.2, -0.15) is 13.2 Å². The zero-order chi connectivity index (χ0) is 23.3. The minimum atomic E-state index is -5.08. The Morgan fingerprint density at radius 2 is 1.91 bits per heavy atom. The van der Waals surface area contributed by atoms with Gasteiger partial charge < -0.3 is 14.6 Å². The molecule has 0 spiro atoms. The van der Waals surface area contributed by atoms with Crippen LogP contribution in [0.15, 0.2) is 24.5 Å². The number of aliphatic carboxylic acids is 1. The number of rotatable bonds is 4. The van der Waals surface area contributed by atoms with Crippen LogP contribution in [0, 0.1) is 6.92 Å². The second kappa shape index (κ2) is 10.1. The van der Waals surface area contributed by atoms with Crippen LogP contribution in [0.3, 0.4) is 0 Å². The minimum absolute atomic E-state index is 0.260. The van der Waals surface area contributed by atoms with Crippen molar-refractivity contribution in [1.82, 2.24) is 24.3 Å². The van der Waals surface area contributed by atoms with Gasteiger partial charge in [0.1, 0.15) is 0 Å². The predicted molar refractivity (Wildman–Crippen MR) is 108 cm³/mol. The minimum Gasteiger partial charge on any atom is -0.475 e. The quantitative estimate of drug-likeness (QED) is 0.766. The van der Waals surface area contributed by atoms with Crippen molar-refractivity contribution in [3.05, 3.63) is 47.3 Å². The molecule has 0 aromatic carbocycles. The normalized spacial score (nSPS) is 16.9. The van der Waals surface area contributed by atoms with Crippen molar-refractivity contribution in [2.75, 3.05) is 13.1 Å². The first-order valence-electron chi connectivity index (χ1n) is 10.4. The van der Waals surface area contributed by atoms with Crippen molar-refractivity contribution in [2.45, 2.75) is 58.5 Å². The molecule has 2 aromatic heterocycles. The first kappa shape index (κ1) is 23.7. The first-order valence-corrected chi connectivity index (χ1v) is 10.4. The summed E-state index contributed by atoms with van der Waals surface area (Å²) < 4.78 is 34.0. The molecule has 1 fully saturated rings. The zero-order valence-corrected chi connectivity index (χ0v) is 17.8. The van der Waals surface area contributed by atoms with Gasteiger partial charge in [-0.05, 0) is 31.9 Å². The van der Waals surface area contributed by atoms with Gasteiger partial charge in [0.15, 0.2) is 0 Å². The Balaban J connectivity index is 0.000000360. The molecule has 0 aliphatic carbocycles. The molecule has 8 nitrogen and oxygen atoms in total. The number of fused-ring (bicyclic) bond motifs is 1. The number of imidazole rings is 1. The van der Waals surface area contributed by atoms with Crippen LogP contribution in [0.5, 0.6) is 0 Å². The molecule has 32 heavy (non-hydrogen) atoms. The van der Waals surface area contributed by atoms with Crippen LogP contribution in [0.25, 0.3) is 0 Å². The van der Waals surface area contributed by atoms with E-state index in [0.29, 0.717) is 13.0 Å². The summed E-state index contributed by atoms with van der Waals surface area (Å²) in [6.07, 6.45) is -0.377. The summed E-state index contributed by atoms with van der Waals surface area (Å²) >= 11 is 0. The lowest BCUT2D eigenvalue weighted by Crippen LogP contribution is -2.27. The topological polar surface area (TPSA) is 91.6 Å². The molecule has 1 N–H and O–H groups in total. The Morgan fingerprint density at radius 3 is 2.53 bits per heavy atom. The summed E-state index contributed by atoms with van der Waals surface area (Å²) in [6.45, 7) is 7.32. The highest BCUT2D eigenvalue weighted by Crippen LogP contribution is 2.21. The molecule has 1 amide bonds. The fraction of sp³-hybridized carbons (Fsp3) is 0.524. The van der Waals surface area contributed by atoms with Crippen LogP contribution in [-0.2, 0) is 35.8 Å². The van der Waals surface area contributed by atoms with Gasteiger partial charge in [-0.25, -0.2) is 9.78 Å². The molecule has 0 atom stereocenters. The monoisotopic (exact) mass is 453 g/mol. The highest BCUT2D eigenvalue weighted by molar-refractivity contribution is 5.78. The molecule has 174 valence electrons. The van der Waals surface area contributed by atoms with Gasteiger partial charge in [-0.3, -0.25) is 14.7 Å². The number of likely N-dealkylation sites (tertiary alicyclic amines) is 1. The summed E-state index contributed by atoms with van der Waals surface area (Å²) in [5.41, 5.74) is 4.49. The van der Waals surface area contributed by atoms with Gasteiger partial charge in [0.2, 0.25) is 5.91 Å². The Kier molecular flexibility index (Phi) is 7.49. The van der Waals surface area contributed by atoms with Gasteiger partial charge in [0, 0.05) is 44.8 Å². The average molecular weight is 453 g/mol. The average Bonchev–Trinajstić information content (AvgIpc) is 3.22. The summed E-state index contributed by atoms with van der Waals surface area (Å²) in [7, 11) is 0. The number of hydrogen-bond acceptors (Lipinski definition) is 5. The second-order valence-electron chi connectivity index (χ2n) is 7.89. The van der Waals surface area contributed by atoms with Crippen LogP contribution in [0.4, 0.5) is 13.2 Å². The molecule has 2 aliphatic heterocycles. The Hall–Kier alpha value is -2.95. The number of carbonyl (C=O) groups is 2. The van der Waals surface area contributed by atoms with Gasteiger partial charge in [-0.15, -0.1) is 0 Å². The third-order valence-corrected chi connectivity index (χ3v) is 5.37. The highest BCUT2D eigenvalue weighted by Gasteiger charge is 2.38. The summed E-state index contributed by atoms with van der Waals surface area (Å²) in [6, 6.07) is 6.20. The maximum atomic E-state index is 11.9. The lowest BCUT2D eigenvalue weighted by molar-refractivity contribution is -0.192. The van der Waals surface area contributed by atoms with Crippen LogP contribution in [0.1, 0.15) is 42.0 Å². The van der Waals surface area contributed by atoms with Gasteiger partial charge in [-0.1, -0.05) is 6.07 Å². The zero-order valence-electron chi connectivity index (χ0n) is 17.8. The maximum Gasteiger partial charge on any atom is 0.490 e. The molecular weight excluding hydrogens is 427 g/mol. The largest absolute Gasteiger partial charge is 0.490 e. The molecule has 4 heterocycles. The van der Waals surface area contributed by atoms with Crippen molar-refractivity contribution in [3.8, 4) is 0 Å². The smallest absolute Gasteiger partial charge is 0.475 e. The Bertz CT molecular complexity index is 960. The van der Waals surface area contributed by atoms with Crippen LogP contribution < -0.4 is 0 Å². The van der Waals surface area contributed by atoms with Crippen LogP contribution >= 0.6 is 0 Å². The Morgan fingerprint density at radius 1 is 1.16 bits per heavy atom. The first-order chi connectivity index (χ1) is 15.1. The lowest BCUT2D eigenvalue weighted by atomic mass is 10.2. The van der Waals surface area contributed by atoms with Crippen molar-refractivity contribution >= 4 is 11.9 Å². The van der Waals surface area contributed by atoms with Crippen LogP contribution in [0.2, 0.25) is 0 Å². The predicted octanol–water partition coefficient (Wildman–Crippen LogP) is 2.75. The molecule has 0 unspecified atom stereocenters. The number of amides is 1. The maximum absolute atomic E-state index is 11.9. The summed E-state index contributed by atoms with van der Waals surface area (Å²) in [5.74, 6) is -2.50. The lowest BCUT2D eigenvalue weighted by Gasteiger charge is -2.21. The summed E-state index contributed by atoms with van der Waals surface area (Å²) in [5, 5.41) is 7.12. The Labute approximate surface area is 183 Å². The number of halogens is 3. The standard InChI is InChI=1S/C19H25N5O.C2HF3O2/c1-15-5-2-6-16(21-15)11-22-8-4-10-24-14-20-17(18(24)13-22)12-23-9-3-7-19(23)25;3-2(4,5)1(6)7/h2,5-6,14H,3-4,7-13H2,1H3;(H,6,7). The van der Waals surface area contributed by atoms with E-state index in [1.807, 2.05) is 24.2 Å². The van der Waals surface area contributed by atoms with E-state index in [-0.39, 0.29) is 5.91 Å². The number of alkyl halides is 3. The van der Waals surface area contributed by atoms with Gasteiger partial charge >= 0.3 is 12.1 Å². The van der Waals surface area contributed by atoms with Crippen molar-refractivity contribution in [3.63, 3.8) is 0 Å². The fourth-order valence-corrected chi connectivity index (χ4v) is 3.82. The molecular formula is C21H26F3N5O3. The van der Waals surface area contributed by atoms with E-state index in [4.69, 9.17) is 9.90 Å².